The molecular weight excluding hydrogens is 497 g/mol. The van der Waals surface area contributed by atoms with Crippen molar-refractivity contribution in [2.45, 2.75) is 25.2 Å². The largest absolute Gasteiger partial charge is 0.480 e. The number of anilines is 1. The summed E-state index contributed by atoms with van der Waals surface area (Å²) in [4.78, 5) is 20.6. The van der Waals surface area contributed by atoms with E-state index in [1.54, 1.807) is 42.5 Å². The molecule has 0 aliphatic rings. The smallest absolute Gasteiger partial charge is 0.433 e. The van der Waals surface area contributed by atoms with Crippen molar-refractivity contribution in [3.05, 3.63) is 64.7 Å². The fraction of sp³-hybridized carbons (Fsp3) is 0.217. The number of nitrogens with two attached hydrogens (primary N) is 2. The lowest BCUT2D eigenvalue weighted by Gasteiger charge is -2.09. The molecule has 36 heavy (non-hydrogen) atoms. The maximum atomic E-state index is 13.1. The van der Waals surface area contributed by atoms with Crippen LogP contribution in [-0.4, -0.2) is 36.9 Å². The number of carboxylic acids is 1. The average Bonchev–Trinajstić information content (AvgIpc) is 3.44. The minimum absolute atomic E-state index is 0.000454. The van der Waals surface area contributed by atoms with Gasteiger partial charge in [-0.3, -0.25) is 9.48 Å². The van der Waals surface area contributed by atoms with Crippen molar-refractivity contribution in [1.29, 1.82) is 0 Å². The number of hydrogen-bond acceptors (Lipinski definition) is 8. The fourth-order valence-electron chi connectivity index (χ4n) is 3.41. The fourth-order valence-corrected chi connectivity index (χ4v) is 4.29. The van der Waals surface area contributed by atoms with Crippen molar-refractivity contribution >= 4 is 23.3 Å². The van der Waals surface area contributed by atoms with Gasteiger partial charge in [0.05, 0.1) is 10.6 Å². The number of ether oxygens (including phenoxy) is 1. The number of alkyl halides is 3. The highest BCUT2D eigenvalue weighted by molar-refractivity contribution is 7.15. The molecule has 1 aromatic carbocycles. The van der Waals surface area contributed by atoms with Crippen LogP contribution in [0.2, 0.25) is 0 Å². The van der Waals surface area contributed by atoms with Gasteiger partial charge in [-0.05, 0) is 30.2 Å². The second-order valence-corrected chi connectivity index (χ2v) is 9.05. The molecule has 188 valence electrons. The van der Waals surface area contributed by atoms with Crippen LogP contribution >= 0.6 is 11.3 Å². The van der Waals surface area contributed by atoms with Gasteiger partial charge in [0.25, 0.3) is 0 Å². The van der Waals surface area contributed by atoms with Crippen LogP contribution in [0, 0.1) is 0 Å². The van der Waals surface area contributed by atoms with E-state index in [-0.39, 0.29) is 30.5 Å². The van der Waals surface area contributed by atoms with E-state index in [1.165, 1.54) is 18.4 Å². The molecule has 3 aromatic heterocycles. The predicted octanol–water partition coefficient (Wildman–Crippen LogP) is 3.74. The van der Waals surface area contributed by atoms with Crippen molar-refractivity contribution in [3.63, 3.8) is 0 Å². The van der Waals surface area contributed by atoms with E-state index in [0.29, 0.717) is 10.6 Å². The van der Waals surface area contributed by atoms with Gasteiger partial charge in [-0.15, -0.1) is 11.3 Å². The van der Waals surface area contributed by atoms with Crippen LogP contribution in [-0.2, 0) is 31.0 Å². The van der Waals surface area contributed by atoms with Gasteiger partial charge in [0, 0.05) is 23.6 Å². The standard InChI is InChI=1S/C23H21F3N6O3S/c1-32-19(23(24,25)26)9-17(31-32)18-7-6-14(36-18)11-35-20-10-16(29-22(28)30-20)13-4-2-12(3-5-13)8-15(27)21(33)34/h2-7,9-10,15H,8,11,27H2,1H3,(H,33,34)(H2,28,29,30)/t15-/m0/s1. The van der Waals surface area contributed by atoms with Crippen LogP contribution in [0.1, 0.15) is 16.1 Å². The van der Waals surface area contributed by atoms with Crippen molar-refractivity contribution < 1.29 is 27.8 Å². The van der Waals surface area contributed by atoms with E-state index in [2.05, 4.69) is 15.1 Å². The average molecular weight is 519 g/mol. The first-order chi connectivity index (χ1) is 17.0. The highest BCUT2D eigenvalue weighted by Crippen LogP contribution is 2.34. The summed E-state index contributed by atoms with van der Waals surface area (Å²) < 4.78 is 45.7. The Balaban J connectivity index is 1.45. The van der Waals surface area contributed by atoms with Gasteiger partial charge in [-0.25, -0.2) is 4.98 Å². The molecule has 5 N–H and O–H groups in total. The zero-order chi connectivity index (χ0) is 26.0. The van der Waals surface area contributed by atoms with Crippen LogP contribution in [0.25, 0.3) is 21.8 Å². The Morgan fingerprint density at radius 1 is 1.14 bits per heavy atom. The minimum atomic E-state index is -4.49. The summed E-state index contributed by atoms with van der Waals surface area (Å²) in [5.74, 6) is -0.852. The molecule has 13 heteroatoms. The van der Waals surface area contributed by atoms with Crippen molar-refractivity contribution in [3.8, 4) is 27.7 Å². The Morgan fingerprint density at radius 3 is 2.50 bits per heavy atom. The molecule has 0 radical (unpaired) electrons. The zero-order valence-corrected chi connectivity index (χ0v) is 19.7. The Bertz CT molecular complexity index is 1380. The molecule has 4 aromatic rings. The maximum Gasteiger partial charge on any atom is 0.433 e. The molecule has 9 nitrogen and oxygen atoms in total. The number of carboxylic acid groups (broad SMARTS) is 1. The molecule has 0 spiro atoms. The normalized spacial score (nSPS) is 12.5. The van der Waals surface area contributed by atoms with E-state index < -0.39 is 23.9 Å². The molecule has 1 atom stereocenters. The van der Waals surface area contributed by atoms with E-state index in [4.69, 9.17) is 21.3 Å². The van der Waals surface area contributed by atoms with Gasteiger partial charge < -0.3 is 21.3 Å². The minimum Gasteiger partial charge on any atom is -0.480 e. The number of aliphatic carboxylic acids is 1. The van der Waals surface area contributed by atoms with Gasteiger partial charge in [0.15, 0.2) is 0 Å². The van der Waals surface area contributed by atoms with Crippen LogP contribution < -0.4 is 16.2 Å². The summed E-state index contributed by atoms with van der Waals surface area (Å²) in [6.45, 7) is 0.117. The van der Waals surface area contributed by atoms with Gasteiger partial charge in [-0.2, -0.15) is 23.3 Å². The quantitative estimate of drug-likeness (QED) is 0.320. The molecule has 0 fully saturated rings. The van der Waals surface area contributed by atoms with Gasteiger partial charge in [0.1, 0.15) is 24.0 Å². The molecule has 0 aliphatic heterocycles. The first kappa shape index (κ1) is 25.1. The third-order valence-corrected chi connectivity index (χ3v) is 6.27. The van der Waals surface area contributed by atoms with Gasteiger partial charge >= 0.3 is 12.1 Å². The third kappa shape index (κ3) is 5.80. The van der Waals surface area contributed by atoms with Crippen LogP contribution in [0.5, 0.6) is 5.88 Å². The number of nitrogens with zero attached hydrogens (tertiary/aromatic N) is 4. The van der Waals surface area contributed by atoms with Crippen molar-refractivity contribution in [2.24, 2.45) is 12.8 Å². The Hall–Kier alpha value is -3.97. The summed E-state index contributed by atoms with van der Waals surface area (Å²) in [5.41, 5.74) is 12.8. The number of nitrogen functional groups attached to an aromatic ring is 1. The van der Waals surface area contributed by atoms with E-state index in [9.17, 15) is 18.0 Å². The highest BCUT2D eigenvalue weighted by atomic mass is 32.1. The summed E-state index contributed by atoms with van der Waals surface area (Å²) in [5, 5.41) is 12.9. The van der Waals surface area contributed by atoms with E-state index >= 15 is 0 Å². The summed E-state index contributed by atoms with van der Waals surface area (Å²) in [7, 11) is 1.25. The number of thiophene rings is 1. The summed E-state index contributed by atoms with van der Waals surface area (Å²) in [6.07, 6.45) is -4.30. The van der Waals surface area contributed by atoms with Crippen LogP contribution in [0.15, 0.2) is 48.5 Å². The number of carbonyl (C=O) groups is 1. The van der Waals surface area contributed by atoms with Gasteiger partial charge in [-0.1, -0.05) is 24.3 Å². The number of aryl methyl sites for hydroxylation is 1. The first-order valence-corrected chi connectivity index (χ1v) is 11.4. The topological polar surface area (TPSA) is 142 Å². The predicted molar refractivity (Wildman–Crippen MR) is 127 cm³/mol. The Kier molecular flexibility index (Phi) is 6.95. The Labute approximate surface area is 207 Å². The number of benzene rings is 1. The van der Waals surface area contributed by atoms with E-state index in [0.717, 1.165) is 26.8 Å². The lowest BCUT2D eigenvalue weighted by atomic mass is 10.0. The molecule has 0 saturated heterocycles. The van der Waals surface area contributed by atoms with Crippen LogP contribution in [0.4, 0.5) is 19.1 Å². The molecular formula is C23H21F3N6O3S. The molecule has 0 aliphatic carbocycles. The number of rotatable bonds is 8. The highest BCUT2D eigenvalue weighted by Gasteiger charge is 2.35. The molecule has 4 rings (SSSR count). The van der Waals surface area contributed by atoms with Crippen molar-refractivity contribution in [2.75, 3.05) is 5.73 Å². The molecule has 0 bridgehead atoms. The van der Waals surface area contributed by atoms with E-state index in [1.807, 2.05) is 0 Å². The molecule has 0 unspecified atom stereocenters. The maximum absolute atomic E-state index is 13.1. The summed E-state index contributed by atoms with van der Waals surface area (Å²) >= 11 is 1.26. The molecule has 0 amide bonds. The van der Waals surface area contributed by atoms with Gasteiger partial charge in [0.2, 0.25) is 11.8 Å². The monoisotopic (exact) mass is 518 g/mol. The lowest BCUT2D eigenvalue weighted by Crippen LogP contribution is -2.32. The second kappa shape index (κ2) is 9.95. The number of hydrogen-bond donors (Lipinski definition) is 3. The molecule has 0 saturated carbocycles. The summed E-state index contributed by atoms with van der Waals surface area (Å²) in [6, 6.07) is 12.1. The number of aromatic nitrogens is 4. The lowest BCUT2D eigenvalue weighted by molar-refractivity contribution is -0.143. The third-order valence-electron chi connectivity index (χ3n) is 5.19. The van der Waals surface area contributed by atoms with Crippen LogP contribution in [0.3, 0.4) is 0 Å². The number of halogens is 3. The molecule has 3 heterocycles. The Morgan fingerprint density at radius 2 is 1.86 bits per heavy atom. The first-order valence-electron chi connectivity index (χ1n) is 10.5. The SMILES string of the molecule is Cn1nc(-c2ccc(COc3cc(-c4ccc(C[C@H](N)C(=O)O)cc4)nc(N)n3)s2)cc1C(F)(F)F. The zero-order valence-electron chi connectivity index (χ0n) is 18.9. The second-order valence-electron chi connectivity index (χ2n) is 7.89. The van der Waals surface area contributed by atoms with Crippen molar-refractivity contribution in [1.82, 2.24) is 19.7 Å².